The van der Waals surface area contributed by atoms with Gasteiger partial charge in [-0.25, -0.2) is 13.6 Å². The smallest absolute Gasteiger partial charge is 0.294 e. The van der Waals surface area contributed by atoms with Crippen LogP contribution in [0.1, 0.15) is 0 Å². The SMILES string of the molecule is COc1ccc(-c2cc3c(=O)n(CN4CCN(c5ccc(F)cc5)CC4)ncn3n2)cc1. The maximum absolute atomic E-state index is 13.2. The Morgan fingerprint density at radius 2 is 1.72 bits per heavy atom. The van der Waals surface area contributed by atoms with E-state index in [9.17, 15) is 9.18 Å². The maximum atomic E-state index is 13.2. The molecular weight excluding hydrogens is 411 g/mol. The number of ether oxygens (including phenoxy) is 1. The highest BCUT2D eigenvalue weighted by atomic mass is 19.1. The van der Waals surface area contributed by atoms with Gasteiger partial charge < -0.3 is 9.64 Å². The summed E-state index contributed by atoms with van der Waals surface area (Å²) in [5.41, 5.74) is 2.92. The molecule has 2 aromatic carbocycles. The Bertz CT molecular complexity index is 1270. The molecule has 0 unspecified atom stereocenters. The zero-order chi connectivity index (χ0) is 22.1. The van der Waals surface area contributed by atoms with Crippen molar-refractivity contribution in [2.24, 2.45) is 0 Å². The van der Waals surface area contributed by atoms with Crippen molar-refractivity contribution in [3.05, 3.63) is 77.1 Å². The molecule has 9 heteroatoms. The Hall–Kier alpha value is -3.72. The summed E-state index contributed by atoms with van der Waals surface area (Å²) in [4.78, 5) is 17.4. The monoisotopic (exact) mass is 434 g/mol. The molecule has 0 aliphatic carbocycles. The molecule has 0 N–H and O–H groups in total. The van der Waals surface area contributed by atoms with Gasteiger partial charge in [-0.15, -0.1) is 0 Å². The minimum absolute atomic E-state index is 0.180. The summed E-state index contributed by atoms with van der Waals surface area (Å²) in [6, 6.07) is 15.9. The standard InChI is InChI=1S/C23H23FN6O2/c1-32-20-8-2-17(3-9-20)21-14-22-23(31)30(25-15-29(22)26-21)16-27-10-12-28(13-11-27)19-6-4-18(24)5-7-19/h2-9,14-15H,10-13,16H2,1H3. The normalized spacial score (nSPS) is 14.8. The van der Waals surface area contributed by atoms with E-state index in [1.54, 1.807) is 31.6 Å². The van der Waals surface area contributed by atoms with E-state index in [4.69, 9.17) is 4.74 Å². The van der Waals surface area contributed by atoms with Crippen molar-refractivity contribution in [1.82, 2.24) is 24.3 Å². The molecule has 0 radical (unpaired) electrons. The van der Waals surface area contributed by atoms with Crippen LogP contribution in [0.4, 0.5) is 10.1 Å². The van der Waals surface area contributed by atoms with Crippen molar-refractivity contribution < 1.29 is 9.13 Å². The van der Waals surface area contributed by atoms with Crippen LogP contribution in [-0.2, 0) is 6.67 Å². The van der Waals surface area contributed by atoms with Crippen LogP contribution in [0.25, 0.3) is 16.8 Å². The number of rotatable bonds is 5. The van der Waals surface area contributed by atoms with Gasteiger partial charge in [-0.3, -0.25) is 9.69 Å². The average Bonchev–Trinajstić information content (AvgIpc) is 3.27. The van der Waals surface area contributed by atoms with Crippen molar-refractivity contribution in [1.29, 1.82) is 0 Å². The molecule has 0 amide bonds. The fraction of sp³-hybridized carbons (Fsp3) is 0.261. The fourth-order valence-electron chi connectivity index (χ4n) is 3.93. The molecule has 0 spiro atoms. The molecule has 0 atom stereocenters. The number of aromatic nitrogens is 4. The van der Waals surface area contributed by atoms with Gasteiger partial charge in [-0.1, -0.05) is 0 Å². The number of benzene rings is 2. The Labute approximate surface area is 184 Å². The Morgan fingerprint density at radius 1 is 1.00 bits per heavy atom. The van der Waals surface area contributed by atoms with Gasteiger partial charge in [0.05, 0.1) is 19.5 Å². The van der Waals surface area contributed by atoms with Gasteiger partial charge in [-0.05, 0) is 54.6 Å². The second-order valence-electron chi connectivity index (χ2n) is 7.75. The molecule has 32 heavy (non-hydrogen) atoms. The molecule has 1 aliphatic heterocycles. The van der Waals surface area contributed by atoms with Crippen LogP contribution in [0.5, 0.6) is 5.75 Å². The van der Waals surface area contributed by atoms with E-state index in [0.29, 0.717) is 17.9 Å². The lowest BCUT2D eigenvalue weighted by atomic mass is 10.1. The zero-order valence-corrected chi connectivity index (χ0v) is 17.7. The first-order valence-corrected chi connectivity index (χ1v) is 10.4. The molecule has 3 heterocycles. The number of halogens is 1. The predicted octanol–water partition coefficient (Wildman–Crippen LogP) is 2.49. The van der Waals surface area contributed by atoms with Gasteiger partial charge >= 0.3 is 0 Å². The average molecular weight is 434 g/mol. The topological polar surface area (TPSA) is 67.9 Å². The van der Waals surface area contributed by atoms with E-state index >= 15 is 0 Å². The van der Waals surface area contributed by atoms with Gasteiger partial charge in [0.25, 0.3) is 5.56 Å². The van der Waals surface area contributed by atoms with Gasteiger partial charge in [0.15, 0.2) is 0 Å². The highest BCUT2D eigenvalue weighted by molar-refractivity contribution is 5.65. The number of hydrogen-bond donors (Lipinski definition) is 0. The van der Waals surface area contributed by atoms with Gasteiger partial charge in [0, 0.05) is 37.4 Å². The van der Waals surface area contributed by atoms with Gasteiger partial charge in [-0.2, -0.15) is 10.2 Å². The lowest BCUT2D eigenvalue weighted by Crippen LogP contribution is -2.48. The van der Waals surface area contributed by atoms with Crippen molar-refractivity contribution in [2.75, 3.05) is 38.2 Å². The molecule has 1 fully saturated rings. The molecule has 164 valence electrons. The molecule has 0 bridgehead atoms. The molecule has 5 rings (SSSR count). The van der Waals surface area contributed by atoms with Gasteiger partial charge in [0.1, 0.15) is 23.4 Å². The molecular formula is C23H23FN6O2. The Kier molecular flexibility index (Phi) is 5.32. The van der Waals surface area contributed by atoms with E-state index in [1.165, 1.54) is 21.3 Å². The molecule has 1 aliphatic rings. The third kappa shape index (κ3) is 3.94. The number of nitrogens with zero attached hydrogens (tertiary/aromatic N) is 6. The van der Waals surface area contributed by atoms with Crippen molar-refractivity contribution in [2.45, 2.75) is 6.67 Å². The van der Waals surface area contributed by atoms with Crippen LogP contribution in [0, 0.1) is 5.82 Å². The van der Waals surface area contributed by atoms with Crippen molar-refractivity contribution >= 4 is 11.2 Å². The summed E-state index contributed by atoms with van der Waals surface area (Å²) in [5, 5.41) is 8.80. The number of fused-ring (bicyclic) bond motifs is 1. The third-order valence-electron chi connectivity index (χ3n) is 5.77. The summed E-state index contributed by atoms with van der Waals surface area (Å²) >= 11 is 0. The Balaban J connectivity index is 1.30. The summed E-state index contributed by atoms with van der Waals surface area (Å²) in [5.74, 6) is 0.532. The van der Waals surface area contributed by atoms with E-state index in [0.717, 1.165) is 43.2 Å². The first-order chi connectivity index (χ1) is 15.6. The van der Waals surface area contributed by atoms with Crippen molar-refractivity contribution in [3.63, 3.8) is 0 Å². The molecule has 8 nitrogen and oxygen atoms in total. The molecule has 1 saturated heterocycles. The summed E-state index contributed by atoms with van der Waals surface area (Å²) in [6.45, 7) is 3.59. The van der Waals surface area contributed by atoms with Crippen LogP contribution >= 0.6 is 0 Å². The molecule has 0 saturated carbocycles. The van der Waals surface area contributed by atoms with Crippen LogP contribution in [0.2, 0.25) is 0 Å². The number of methoxy groups -OCH3 is 1. The van der Waals surface area contributed by atoms with Crippen LogP contribution in [-0.4, -0.2) is 57.6 Å². The second-order valence-corrected chi connectivity index (χ2v) is 7.75. The molecule has 4 aromatic rings. The van der Waals surface area contributed by atoms with E-state index in [-0.39, 0.29) is 11.4 Å². The summed E-state index contributed by atoms with van der Waals surface area (Å²) in [7, 11) is 1.62. The van der Waals surface area contributed by atoms with Crippen LogP contribution in [0.15, 0.2) is 65.7 Å². The van der Waals surface area contributed by atoms with Crippen molar-refractivity contribution in [3.8, 4) is 17.0 Å². The number of hydrogen-bond acceptors (Lipinski definition) is 6. The molecule has 2 aromatic heterocycles. The number of piperazine rings is 1. The maximum Gasteiger partial charge on any atom is 0.294 e. The van der Waals surface area contributed by atoms with E-state index < -0.39 is 0 Å². The zero-order valence-electron chi connectivity index (χ0n) is 17.7. The number of anilines is 1. The Morgan fingerprint density at radius 3 is 2.41 bits per heavy atom. The van der Waals surface area contributed by atoms with E-state index in [1.807, 2.05) is 24.3 Å². The largest absolute Gasteiger partial charge is 0.497 e. The van der Waals surface area contributed by atoms with Crippen LogP contribution < -0.4 is 15.2 Å². The highest BCUT2D eigenvalue weighted by Crippen LogP contribution is 2.21. The van der Waals surface area contributed by atoms with Crippen LogP contribution in [0.3, 0.4) is 0 Å². The first kappa shape index (κ1) is 20.2. The fourth-order valence-corrected chi connectivity index (χ4v) is 3.93. The predicted molar refractivity (Wildman–Crippen MR) is 119 cm³/mol. The minimum Gasteiger partial charge on any atom is -0.497 e. The third-order valence-corrected chi connectivity index (χ3v) is 5.77. The lowest BCUT2D eigenvalue weighted by Gasteiger charge is -2.35. The summed E-state index contributed by atoms with van der Waals surface area (Å²) in [6.07, 6.45) is 1.57. The lowest BCUT2D eigenvalue weighted by molar-refractivity contribution is 0.191. The highest BCUT2D eigenvalue weighted by Gasteiger charge is 2.19. The first-order valence-electron chi connectivity index (χ1n) is 10.4. The van der Waals surface area contributed by atoms with Gasteiger partial charge in [0.2, 0.25) is 0 Å². The van der Waals surface area contributed by atoms with E-state index in [2.05, 4.69) is 20.0 Å². The summed E-state index contributed by atoms with van der Waals surface area (Å²) < 4.78 is 21.3. The second kappa shape index (κ2) is 8.43. The minimum atomic E-state index is -0.233. The quantitative estimate of drug-likeness (QED) is 0.481.